The maximum atomic E-state index is 12.5. The van der Waals surface area contributed by atoms with E-state index in [0.29, 0.717) is 23.4 Å². The Morgan fingerprint density at radius 3 is 2.64 bits per heavy atom. The molecule has 1 atom stereocenters. The third-order valence-electron chi connectivity index (χ3n) is 5.42. The van der Waals surface area contributed by atoms with E-state index in [1.807, 2.05) is 11.0 Å². The van der Waals surface area contributed by atoms with Crippen LogP contribution in [-0.2, 0) is 4.74 Å². The van der Waals surface area contributed by atoms with Crippen LogP contribution in [0.15, 0.2) is 10.6 Å². The zero-order valence-corrected chi connectivity index (χ0v) is 13.0. The minimum Gasteiger partial charge on any atom is -0.381 e. The molecule has 0 N–H and O–H groups in total. The first kappa shape index (κ1) is 14.2. The molecule has 1 aromatic heterocycles. The van der Waals surface area contributed by atoms with Gasteiger partial charge in [-0.1, -0.05) is 5.16 Å². The molecular weight excluding hydrogens is 280 g/mol. The fraction of sp³-hybridized carbons (Fsp3) is 0.765. The Morgan fingerprint density at radius 1 is 1.14 bits per heavy atom. The number of carbonyl (C=O) groups is 1. The number of ether oxygens (including phenoxy) is 1. The Bertz CT molecular complexity index is 524. The maximum Gasteiger partial charge on any atom is 0.276 e. The molecule has 22 heavy (non-hydrogen) atoms. The average molecular weight is 304 g/mol. The van der Waals surface area contributed by atoms with Gasteiger partial charge < -0.3 is 14.2 Å². The zero-order chi connectivity index (χ0) is 14.9. The van der Waals surface area contributed by atoms with Crippen molar-refractivity contribution < 1.29 is 14.1 Å². The fourth-order valence-corrected chi connectivity index (χ4v) is 3.82. The molecule has 1 aliphatic carbocycles. The van der Waals surface area contributed by atoms with Gasteiger partial charge in [-0.25, -0.2) is 0 Å². The predicted octanol–water partition coefficient (Wildman–Crippen LogP) is 2.83. The largest absolute Gasteiger partial charge is 0.381 e. The number of aromatic nitrogens is 1. The van der Waals surface area contributed by atoms with Gasteiger partial charge in [-0.05, 0) is 50.4 Å². The van der Waals surface area contributed by atoms with Gasteiger partial charge in [0, 0.05) is 38.3 Å². The van der Waals surface area contributed by atoms with Crippen LogP contribution in [0.4, 0.5) is 0 Å². The third kappa shape index (κ3) is 2.91. The third-order valence-corrected chi connectivity index (χ3v) is 5.42. The summed E-state index contributed by atoms with van der Waals surface area (Å²) < 4.78 is 10.9. The first-order chi connectivity index (χ1) is 10.8. The summed E-state index contributed by atoms with van der Waals surface area (Å²) in [5, 5.41) is 3.98. The standard InChI is InChI=1S/C17H24N2O3/c20-17(15-10-16(22-18-15)13-3-4-13)19-7-5-12(6-8-19)14-2-1-9-21-11-14/h10,12-14H,1-9,11H2/t14-/m1/s1. The molecule has 1 amide bonds. The van der Waals surface area contributed by atoms with Gasteiger partial charge in [0.25, 0.3) is 5.91 Å². The molecule has 0 aromatic carbocycles. The van der Waals surface area contributed by atoms with Crippen LogP contribution in [0, 0.1) is 11.8 Å². The first-order valence-corrected chi connectivity index (χ1v) is 8.65. The second-order valence-corrected chi connectivity index (χ2v) is 7.00. The lowest BCUT2D eigenvalue weighted by atomic mass is 9.81. The molecule has 2 aliphatic heterocycles. The maximum absolute atomic E-state index is 12.5. The Labute approximate surface area is 131 Å². The van der Waals surface area contributed by atoms with Gasteiger partial charge >= 0.3 is 0 Å². The number of carbonyl (C=O) groups excluding carboxylic acids is 1. The zero-order valence-electron chi connectivity index (χ0n) is 13.0. The summed E-state index contributed by atoms with van der Waals surface area (Å²) in [6, 6.07) is 1.85. The fourth-order valence-electron chi connectivity index (χ4n) is 3.82. The normalized spacial score (nSPS) is 27.1. The van der Waals surface area contributed by atoms with Crippen molar-refractivity contribution >= 4 is 5.91 Å². The lowest BCUT2D eigenvalue weighted by Gasteiger charge is -2.37. The van der Waals surface area contributed by atoms with Crippen LogP contribution in [0.3, 0.4) is 0 Å². The second-order valence-electron chi connectivity index (χ2n) is 7.00. The van der Waals surface area contributed by atoms with E-state index in [0.717, 1.165) is 57.7 Å². The Hall–Kier alpha value is -1.36. The van der Waals surface area contributed by atoms with Crippen molar-refractivity contribution in [3.05, 3.63) is 17.5 Å². The highest BCUT2D eigenvalue weighted by atomic mass is 16.5. The number of nitrogens with zero attached hydrogens (tertiary/aromatic N) is 2. The SMILES string of the molecule is O=C(c1cc(C2CC2)on1)N1CCC([C@@H]2CCCOC2)CC1. The average Bonchev–Trinajstić information content (AvgIpc) is 3.32. The molecule has 0 unspecified atom stereocenters. The number of amides is 1. The van der Waals surface area contributed by atoms with E-state index in [-0.39, 0.29) is 5.91 Å². The monoisotopic (exact) mass is 304 g/mol. The van der Waals surface area contributed by atoms with Crippen molar-refractivity contribution in [1.29, 1.82) is 0 Å². The van der Waals surface area contributed by atoms with Gasteiger partial charge in [-0.15, -0.1) is 0 Å². The van der Waals surface area contributed by atoms with E-state index in [1.54, 1.807) is 0 Å². The van der Waals surface area contributed by atoms with E-state index >= 15 is 0 Å². The van der Waals surface area contributed by atoms with E-state index in [4.69, 9.17) is 9.26 Å². The molecule has 5 heteroatoms. The summed E-state index contributed by atoms with van der Waals surface area (Å²) in [4.78, 5) is 14.5. The van der Waals surface area contributed by atoms with Crippen LogP contribution in [0.5, 0.6) is 0 Å². The van der Waals surface area contributed by atoms with E-state index in [1.165, 1.54) is 12.8 Å². The van der Waals surface area contributed by atoms with Gasteiger partial charge in [0.1, 0.15) is 5.76 Å². The summed E-state index contributed by atoms with van der Waals surface area (Å²) in [5.41, 5.74) is 0.487. The highest BCUT2D eigenvalue weighted by Crippen LogP contribution is 2.40. The highest BCUT2D eigenvalue weighted by molar-refractivity contribution is 5.92. The van der Waals surface area contributed by atoms with Crippen LogP contribution in [-0.4, -0.2) is 42.3 Å². The van der Waals surface area contributed by atoms with Gasteiger partial charge in [-0.2, -0.15) is 0 Å². The smallest absolute Gasteiger partial charge is 0.276 e. The Kier molecular flexibility index (Phi) is 3.90. The lowest BCUT2D eigenvalue weighted by molar-refractivity contribution is 0.0139. The van der Waals surface area contributed by atoms with Crippen LogP contribution in [0.25, 0.3) is 0 Å². The van der Waals surface area contributed by atoms with Crippen molar-refractivity contribution in [1.82, 2.24) is 10.1 Å². The Morgan fingerprint density at radius 2 is 1.95 bits per heavy atom. The summed E-state index contributed by atoms with van der Waals surface area (Å²) >= 11 is 0. The molecule has 1 saturated carbocycles. The van der Waals surface area contributed by atoms with Crippen molar-refractivity contribution in [2.45, 2.75) is 44.4 Å². The molecule has 4 rings (SSSR count). The molecule has 0 radical (unpaired) electrons. The minimum absolute atomic E-state index is 0.0361. The Balaban J connectivity index is 1.33. The summed E-state index contributed by atoms with van der Waals surface area (Å²) in [7, 11) is 0. The molecule has 3 fully saturated rings. The molecule has 0 bridgehead atoms. The molecule has 120 valence electrons. The summed E-state index contributed by atoms with van der Waals surface area (Å²) in [6.45, 7) is 3.51. The van der Waals surface area contributed by atoms with Crippen molar-refractivity contribution in [2.24, 2.45) is 11.8 Å². The van der Waals surface area contributed by atoms with Gasteiger partial charge in [-0.3, -0.25) is 4.79 Å². The highest BCUT2D eigenvalue weighted by Gasteiger charge is 2.32. The predicted molar refractivity (Wildman–Crippen MR) is 80.6 cm³/mol. The topological polar surface area (TPSA) is 55.6 Å². The van der Waals surface area contributed by atoms with Crippen molar-refractivity contribution in [2.75, 3.05) is 26.3 Å². The van der Waals surface area contributed by atoms with Gasteiger partial charge in [0.05, 0.1) is 0 Å². The van der Waals surface area contributed by atoms with Crippen LogP contribution in [0.2, 0.25) is 0 Å². The van der Waals surface area contributed by atoms with Crippen molar-refractivity contribution in [3.63, 3.8) is 0 Å². The number of piperidine rings is 1. The molecule has 3 heterocycles. The van der Waals surface area contributed by atoms with E-state index < -0.39 is 0 Å². The molecular formula is C17H24N2O3. The number of hydrogen-bond donors (Lipinski definition) is 0. The molecule has 0 spiro atoms. The molecule has 5 nitrogen and oxygen atoms in total. The molecule has 3 aliphatic rings. The van der Waals surface area contributed by atoms with E-state index in [2.05, 4.69) is 5.16 Å². The van der Waals surface area contributed by atoms with Gasteiger partial charge in [0.2, 0.25) is 0 Å². The lowest BCUT2D eigenvalue weighted by Crippen LogP contribution is -2.41. The minimum atomic E-state index is 0.0361. The quantitative estimate of drug-likeness (QED) is 0.861. The second kappa shape index (κ2) is 6.03. The summed E-state index contributed by atoms with van der Waals surface area (Å²) in [5.74, 6) is 2.83. The number of hydrogen-bond acceptors (Lipinski definition) is 4. The van der Waals surface area contributed by atoms with Crippen LogP contribution in [0.1, 0.15) is 60.7 Å². The molecule has 1 aromatic rings. The number of rotatable bonds is 3. The van der Waals surface area contributed by atoms with E-state index in [9.17, 15) is 4.79 Å². The van der Waals surface area contributed by atoms with Crippen LogP contribution >= 0.6 is 0 Å². The van der Waals surface area contributed by atoms with Crippen molar-refractivity contribution in [3.8, 4) is 0 Å². The number of likely N-dealkylation sites (tertiary alicyclic amines) is 1. The summed E-state index contributed by atoms with van der Waals surface area (Å²) in [6.07, 6.45) is 6.98. The first-order valence-electron chi connectivity index (χ1n) is 8.65. The molecule has 2 saturated heterocycles. The van der Waals surface area contributed by atoms with Crippen LogP contribution < -0.4 is 0 Å². The van der Waals surface area contributed by atoms with Gasteiger partial charge in [0.15, 0.2) is 5.69 Å².